The number of carbonyl (C=O) groups excluding carboxylic acids is 1. The van der Waals surface area contributed by atoms with E-state index in [1.807, 2.05) is 26.0 Å². The van der Waals surface area contributed by atoms with Crippen LogP contribution in [0.15, 0.2) is 18.3 Å². The van der Waals surface area contributed by atoms with Gasteiger partial charge in [0.25, 0.3) is 0 Å². The number of anilines is 2. The summed E-state index contributed by atoms with van der Waals surface area (Å²) in [5.74, 6) is 1.18. The number of piperidine rings is 1. The number of carbonyl (C=O) groups is 1. The molecule has 0 unspecified atom stereocenters. The van der Waals surface area contributed by atoms with Crippen LogP contribution < -0.4 is 10.2 Å². The van der Waals surface area contributed by atoms with Crippen LogP contribution in [0.25, 0.3) is 0 Å². The molecule has 0 spiro atoms. The van der Waals surface area contributed by atoms with Gasteiger partial charge in [-0.15, -0.1) is 0 Å². The van der Waals surface area contributed by atoms with Crippen molar-refractivity contribution in [3.63, 3.8) is 0 Å². The molecule has 5 nitrogen and oxygen atoms in total. The Hall–Kier alpha value is -1.62. The van der Waals surface area contributed by atoms with Gasteiger partial charge in [0.15, 0.2) is 5.82 Å². The third kappa shape index (κ3) is 3.48. The van der Waals surface area contributed by atoms with E-state index in [0.717, 1.165) is 37.4 Å². The highest BCUT2D eigenvalue weighted by atomic mass is 16.3. The van der Waals surface area contributed by atoms with Gasteiger partial charge in [0, 0.05) is 31.8 Å². The molecule has 0 aromatic carbocycles. The molecular formula is C15H23N3O2. The Morgan fingerprint density at radius 2 is 2.20 bits per heavy atom. The van der Waals surface area contributed by atoms with Crippen molar-refractivity contribution in [3.8, 4) is 0 Å². The monoisotopic (exact) mass is 277 g/mol. The lowest BCUT2D eigenvalue weighted by Gasteiger charge is -2.33. The van der Waals surface area contributed by atoms with Gasteiger partial charge in [-0.25, -0.2) is 4.98 Å². The molecule has 1 aromatic heterocycles. The average molecular weight is 277 g/mol. The van der Waals surface area contributed by atoms with Gasteiger partial charge in [0.1, 0.15) is 0 Å². The van der Waals surface area contributed by atoms with Crippen LogP contribution >= 0.6 is 0 Å². The number of aliphatic hydroxyl groups is 1. The van der Waals surface area contributed by atoms with Gasteiger partial charge in [0.2, 0.25) is 5.91 Å². The number of rotatable bonds is 4. The summed E-state index contributed by atoms with van der Waals surface area (Å²) >= 11 is 0. The van der Waals surface area contributed by atoms with Gasteiger partial charge in [-0.3, -0.25) is 4.79 Å². The SMILES string of the molecule is CC(C)C(=O)Nc1cccnc1N1CCC(CO)CC1. The molecule has 1 fully saturated rings. The normalized spacial score (nSPS) is 16.5. The molecular weight excluding hydrogens is 254 g/mol. The van der Waals surface area contributed by atoms with Gasteiger partial charge in [-0.1, -0.05) is 13.8 Å². The van der Waals surface area contributed by atoms with Crippen LogP contribution in [0.5, 0.6) is 0 Å². The molecule has 0 atom stereocenters. The molecule has 0 saturated carbocycles. The highest BCUT2D eigenvalue weighted by molar-refractivity contribution is 5.94. The highest BCUT2D eigenvalue weighted by Crippen LogP contribution is 2.27. The second kappa shape index (κ2) is 6.70. The van der Waals surface area contributed by atoms with Gasteiger partial charge in [-0.2, -0.15) is 0 Å². The van der Waals surface area contributed by atoms with Crippen LogP contribution in [-0.2, 0) is 4.79 Å². The van der Waals surface area contributed by atoms with Crippen molar-refractivity contribution in [2.45, 2.75) is 26.7 Å². The molecule has 0 bridgehead atoms. The number of nitrogens with one attached hydrogen (secondary N) is 1. The number of pyridine rings is 1. The molecule has 1 saturated heterocycles. The lowest BCUT2D eigenvalue weighted by Crippen LogP contribution is -2.36. The molecule has 0 radical (unpaired) electrons. The van der Waals surface area contributed by atoms with Crippen LogP contribution in [0.1, 0.15) is 26.7 Å². The van der Waals surface area contributed by atoms with Crippen LogP contribution in [0.2, 0.25) is 0 Å². The minimum Gasteiger partial charge on any atom is -0.396 e. The lowest BCUT2D eigenvalue weighted by molar-refractivity contribution is -0.118. The summed E-state index contributed by atoms with van der Waals surface area (Å²) in [5, 5.41) is 12.1. The minimum atomic E-state index is -0.0526. The van der Waals surface area contributed by atoms with Crippen molar-refractivity contribution in [1.82, 2.24) is 4.98 Å². The predicted molar refractivity (Wildman–Crippen MR) is 79.7 cm³/mol. The summed E-state index contributed by atoms with van der Waals surface area (Å²) in [6, 6.07) is 3.72. The van der Waals surface area contributed by atoms with E-state index in [9.17, 15) is 9.90 Å². The fourth-order valence-corrected chi connectivity index (χ4v) is 2.35. The summed E-state index contributed by atoms with van der Waals surface area (Å²) in [4.78, 5) is 18.5. The molecule has 2 rings (SSSR count). The fraction of sp³-hybridized carbons (Fsp3) is 0.600. The van der Waals surface area contributed by atoms with Crippen molar-refractivity contribution in [3.05, 3.63) is 18.3 Å². The van der Waals surface area contributed by atoms with Crippen molar-refractivity contribution in [1.29, 1.82) is 0 Å². The Labute approximate surface area is 120 Å². The molecule has 5 heteroatoms. The third-order valence-corrected chi connectivity index (χ3v) is 3.74. The molecule has 20 heavy (non-hydrogen) atoms. The summed E-state index contributed by atoms with van der Waals surface area (Å²) in [7, 11) is 0. The van der Waals surface area contributed by atoms with Crippen molar-refractivity contribution in [2.24, 2.45) is 11.8 Å². The van der Waals surface area contributed by atoms with Crippen LogP contribution in [-0.4, -0.2) is 35.7 Å². The number of hydrogen-bond acceptors (Lipinski definition) is 4. The quantitative estimate of drug-likeness (QED) is 0.882. The van der Waals surface area contributed by atoms with Gasteiger partial charge in [0.05, 0.1) is 5.69 Å². The average Bonchev–Trinajstić information content (AvgIpc) is 2.48. The smallest absolute Gasteiger partial charge is 0.227 e. The first-order chi connectivity index (χ1) is 9.61. The Kier molecular flexibility index (Phi) is 4.95. The number of aliphatic hydroxyl groups excluding tert-OH is 1. The van der Waals surface area contributed by atoms with Crippen molar-refractivity contribution < 1.29 is 9.90 Å². The van der Waals surface area contributed by atoms with Gasteiger partial charge >= 0.3 is 0 Å². The minimum absolute atomic E-state index is 0.00416. The topological polar surface area (TPSA) is 65.5 Å². The molecule has 1 aromatic rings. The van der Waals surface area contributed by atoms with Crippen LogP contribution in [0.4, 0.5) is 11.5 Å². The maximum atomic E-state index is 11.9. The number of nitrogens with zero attached hydrogens (tertiary/aromatic N) is 2. The van der Waals surface area contributed by atoms with E-state index in [0.29, 0.717) is 5.92 Å². The first-order valence-electron chi connectivity index (χ1n) is 7.23. The number of aromatic nitrogens is 1. The van der Waals surface area contributed by atoms with Crippen molar-refractivity contribution >= 4 is 17.4 Å². The Bertz CT molecular complexity index is 454. The first kappa shape index (κ1) is 14.8. The summed E-state index contributed by atoms with van der Waals surface area (Å²) in [6.45, 7) is 5.74. The number of amides is 1. The summed E-state index contributed by atoms with van der Waals surface area (Å²) in [5.41, 5.74) is 0.772. The van der Waals surface area contributed by atoms with E-state index in [4.69, 9.17) is 0 Å². The largest absolute Gasteiger partial charge is 0.396 e. The molecule has 1 amide bonds. The molecule has 2 heterocycles. The molecule has 0 aliphatic carbocycles. The maximum absolute atomic E-state index is 11.9. The van der Waals surface area contributed by atoms with E-state index in [-0.39, 0.29) is 18.4 Å². The van der Waals surface area contributed by atoms with E-state index < -0.39 is 0 Å². The maximum Gasteiger partial charge on any atom is 0.227 e. The standard InChI is InChI=1S/C15H23N3O2/c1-11(2)15(20)17-13-4-3-7-16-14(13)18-8-5-12(10-19)6-9-18/h3-4,7,11-12,19H,5-6,8-10H2,1-2H3,(H,17,20). The van der Waals surface area contributed by atoms with Crippen molar-refractivity contribution in [2.75, 3.05) is 29.9 Å². The Morgan fingerprint density at radius 3 is 2.80 bits per heavy atom. The van der Waals surface area contributed by atoms with E-state index in [1.54, 1.807) is 6.20 Å². The summed E-state index contributed by atoms with van der Waals surface area (Å²) in [6.07, 6.45) is 3.67. The second-order valence-electron chi connectivity index (χ2n) is 5.63. The van der Waals surface area contributed by atoms with E-state index in [2.05, 4.69) is 15.2 Å². The zero-order valence-electron chi connectivity index (χ0n) is 12.2. The van der Waals surface area contributed by atoms with E-state index in [1.165, 1.54) is 0 Å². The van der Waals surface area contributed by atoms with Crippen LogP contribution in [0, 0.1) is 11.8 Å². The number of hydrogen-bond donors (Lipinski definition) is 2. The molecule has 110 valence electrons. The summed E-state index contributed by atoms with van der Waals surface area (Å²) < 4.78 is 0. The van der Waals surface area contributed by atoms with Gasteiger partial charge in [-0.05, 0) is 30.9 Å². The van der Waals surface area contributed by atoms with Gasteiger partial charge < -0.3 is 15.3 Å². The molecule has 1 aliphatic heterocycles. The fourth-order valence-electron chi connectivity index (χ4n) is 2.35. The third-order valence-electron chi connectivity index (χ3n) is 3.74. The zero-order chi connectivity index (χ0) is 14.5. The zero-order valence-corrected chi connectivity index (χ0v) is 12.2. The Balaban J connectivity index is 2.10. The predicted octanol–water partition coefficient (Wildman–Crippen LogP) is 1.88. The highest BCUT2D eigenvalue weighted by Gasteiger charge is 2.22. The van der Waals surface area contributed by atoms with Crippen LogP contribution in [0.3, 0.4) is 0 Å². The Morgan fingerprint density at radius 1 is 1.50 bits per heavy atom. The molecule has 2 N–H and O–H groups in total. The molecule has 1 aliphatic rings. The lowest BCUT2D eigenvalue weighted by atomic mass is 9.98. The second-order valence-corrected chi connectivity index (χ2v) is 5.63. The van der Waals surface area contributed by atoms with E-state index >= 15 is 0 Å². The first-order valence-corrected chi connectivity index (χ1v) is 7.23.